The van der Waals surface area contributed by atoms with Crippen molar-refractivity contribution < 1.29 is 19.4 Å². The van der Waals surface area contributed by atoms with Crippen LogP contribution in [-0.2, 0) is 21.4 Å². The first-order valence-corrected chi connectivity index (χ1v) is 10.8. The van der Waals surface area contributed by atoms with E-state index in [0.717, 1.165) is 18.4 Å². The van der Waals surface area contributed by atoms with Gasteiger partial charge in [0.1, 0.15) is 5.75 Å². The van der Waals surface area contributed by atoms with Crippen molar-refractivity contribution in [3.05, 3.63) is 64.2 Å². The number of esters is 1. The lowest BCUT2D eigenvalue weighted by molar-refractivity contribution is -0.145. The SMILES string of the molecule is CCOC(=O)COc1ccc2c(c1)C(C)(C)C(NC[C@H](O)c1cccc(Cl)c1)CC2.Cl. The average Bonchev–Trinajstić information content (AvgIpc) is 2.72. The predicted octanol–water partition coefficient (Wildman–Crippen LogP) is 4.62. The van der Waals surface area contributed by atoms with Crippen molar-refractivity contribution in [2.75, 3.05) is 19.8 Å². The Morgan fingerprint density at radius 3 is 2.77 bits per heavy atom. The third-order valence-electron chi connectivity index (χ3n) is 5.80. The predicted molar refractivity (Wildman–Crippen MR) is 125 cm³/mol. The van der Waals surface area contributed by atoms with Crippen LogP contribution in [-0.4, -0.2) is 36.9 Å². The number of nitrogens with one attached hydrogen (secondary N) is 1. The van der Waals surface area contributed by atoms with E-state index in [0.29, 0.717) is 23.9 Å². The number of hydrogen-bond donors (Lipinski definition) is 2. The molecule has 3 rings (SSSR count). The van der Waals surface area contributed by atoms with Gasteiger partial charge >= 0.3 is 5.97 Å². The summed E-state index contributed by atoms with van der Waals surface area (Å²) in [5.41, 5.74) is 3.13. The number of benzene rings is 2. The van der Waals surface area contributed by atoms with Crippen molar-refractivity contribution >= 4 is 30.0 Å². The fourth-order valence-electron chi connectivity index (χ4n) is 4.10. The molecule has 5 nitrogen and oxygen atoms in total. The summed E-state index contributed by atoms with van der Waals surface area (Å²) in [5.74, 6) is 0.290. The van der Waals surface area contributed by atoms with E-state index in [1.165, 1.54) is 11.1 Å². The lowest BCUT2D eigenvalue weighted by Gasteiger charge is -2.41. The second-order valence-electron chi connectivity index (χ2n) is 8.20. The van der Waals surface area contributed by atoms with Crippen molar-refractivity contribution in [2.24, 2.45) is 0 Å². The Hall–Kier alpha value is -1.79. The summed E-state index contributed by atoms with van der Waals surface area (Å²) in [4.78, 5) is 11.6. The van der Waals surface area contributed by atoms with Crippen LogP contribution in [0.1, 0.15) is 50.0 Å². The Kier molecular flexibility index (Phi) is 9.19. The maximum Gasteiger partial charge on any atom is 0.344 e. The largest absolute Gasteiger partial charge is 0.482 e. The van der Waals surface area contributed by atoms with Gasteiger partial charge in [-0.25, -0.2) is 4.79 Å². The molecule has 31 heavy (non-hydrogen) atoms. The molecule has 0 saturated carbocycles. The van der Waals surface area contributed by atoms with Gasteiger partial charge in [-0.05, 0) is 60.7 Å². The van der Waals surface area contributed by atoms with Crippen molar-refractivity contribution in [1.82, 2.24) is 5.32 Å². The van der Waals surface area contributed by atoms with Gasteiger partial charge < -0.3 is 19.9 Å². The molecule has 0 heterocycles. The maximum absolute atomic E-state index is 11.6. The van der Waals surface area contributed by atoms with Gasteiger partial charge in [-0.15, -0.1) is 12.4 Å². The Morgan fingerprint density at radius 2 is 2.06 bits per heavy atom. The fraction of sp³-hybridized carbons (Fsp3) is 0.458. The summed E-state index contributed by atoms with van der Waals surface area (Å²) in [5, 5.41) is 14.7. The number of halogens is 2. The lowest BCUT2D eigenvalue weighted by Crippen LogP contribution is -2.49. The molecule has 0 spiro atoms. The first kappa shape index (κ1) is 25.5. The molecule has 2 N–H and O–H groups in total. The molecule has 7 heteroatoms. The molecule has 0 aromatic heterocycles. The number of carbonyl (C=O) groups is 1. The quantitative estimate of drug-likeness (QED) is 0.554. The van der Waals surface area contributed by atoms with Crippen LogP contribution >= 0.6 is 24.0 Å². The topological polar surface area (TPSA) is 67.8 Å². The van der Waals surface area contributed by atoms with E-state index in [4.69, 9.17) is 21.1 Å². The molecule has 2 aromatic carbocycles. The van der Waals surface area contributed by atoms with E-state index < -0.39 is 6.10 Å². The van der Waals surface area contributed by atoms with E-state index in [-0.39, 0.29) is 36.4 Å². The summed E-state index contributed by atoms with van der Waals surface area (Å²) in [6.07, 6.45) is 1.30. The highest BCUT2D eigenvalue weighted by Gasteiger charge is 2.36. The Morgan fingerprint density at radius 1 is 1.29 bits per heavy atom. The highest BCUT2D eigenvalue weighted by atomic mass is 35.5. The molecule has 2 aromatic rings. The number of fused-ring (bicyclic) bond motifs is 1. The minimum absolute atomic E-state index is 0. The number of aliphatic hydroxyl groups is 1. The number of aliphatic hydroxyl groups excluding tert-OH is 1. The highest BCUT2D eigenvalue weighted by molar-refractivity contribution is 6.30. The van der Waals surface area contributed by atoms with Crippen LogP contribution in [0, 0.1) is 0 Å². The summed E-state index contributed by atoms with van der Waals surface area (Å²) in [7, 11) is 0. The first-order valence-electron chi connectivity index (χ1n) is 10.4. The molecule has 170 valence electrons. The molecule has 0 fully saturated rings. The van der Waals surface area contributed by atoms with Crippen LogP contribution in [0.2, 0.25) is 5.02 Å². The Bertz CT molecular complexity index is 888. The minimum Gasteiger partial charge on any atom is -0.482 e. The second kappa shape index (κ2) is 11.2. The van der Waals surface area contributed by atoms with Gasteiger partial charge in [0, 0.05) is 23.0 Å². The maximum atomic E-state index is 11.6. The monoisotopic (exact) mass is 467 g/mol. The van der Waals surface area contributed by atoms with Crippen molar-refractivity contribution in [1.29, 1.82) is 0 Å². The third kappa shape index (κ3) is 6.36. The van der Waals surface area contributed by atoms with Crippen molar-refractivity contribution in [3.63, 3.8) is 0 Å². The molecule has 0 aliphatic heterocycles. The van der Waals surface area contributed by atoms with E-state index in [1.54, 1.807) is 19.1 Å². The summed E-state index contributed by atoms with van der Waals surface area (Å²) < 4.78 is 10.6. The molecule has 2 atom stereocenters. The van der Waals surface area contributed by atoms with Gasteiger partial charge in [0.25, 0.3) is 0 Å². The van der Waals surface area contributed by atoms with Crippen LogP contribution in [0.4, 0.5) is 0 Å². The highest BCUT2D eigenvalue weighted by Crippen LogP contribution is 2.39. The van der Waals surface area contributed by atoms with Gasteiger partial charge in [-0.2, -0.15) is 0 Å². The van der Waals surface area contributed by atoms with Crippen LogP contribution in [0.3, 0.4) is 0 Å². The summed E-state index contributed by atoms with van der Waals surface area (Å²) in [6, 6.07) is 13.5. The van der Waals surface area contributed by atoms with Crippen LogP contribution in [0.25, 0.3) is 0 Å². The smallest absolute Gasteiger partial charge is 0.344 e. The normalized spacial score (nSPS) is 17.8. The van der Waals surface area contributed by atoms with Gasteiger partial charge in [-0.3, -0.25) is 0 Å². The Labute approximate surface area is 195 Å². The van der Waals surface area contributed by atoms with E-state index in [1.807, 2.05) is 24.3 Å². The standard InChI is InChI=1S/C24H30ClNO4.ClH/c1-4-29-23(28)15-30-19-10-8-16-9-11-22(24(2,3)20(16)13-19)26-14-21(27)17-6-5-7-18(25)12-17;/h5-8,10,12-13,21-22,26-27H,4,9,11,14-15H2,1-3H3;1H/t21-,22?;/m0./s1. The zero-order valence-corrected chi connectivity index (χ0v) is 19.8. The number of carbonyl (C=O) groups excluding carboxylic acids is 1. The molecule has 0 amide bonds. The van der Waals surface area contributed by atoms with Crippen LogP contribution in [0.15, 0.2) is 42.5 Å². The number of aryl methyl sites for hydroxylation is 1. The van der Waals surface area contributed by atoms with Crippen molar-refractivity contribution in [3.8, 4) is 5.75 Å². The fourth-order valence-corrected chi connectivity index (χ4v) is 4.30. The molecule has 1 aliphatic carbocycles. The molecule has 0 radical (unpaired) electrons. The molecule has 1 unspecified atom stereocenters. The first-order chi connectivity index (χ1) is 14.3. The molecule has 1 aliphatic rings. The van der Waals surface area contributed by atoms with E-state index in [9.17, 15) is 9.90 Å². The molecular formula is C24H31Cl2NO4. The average molecular weight is 468 g/mol. The summed E-state index contributed by atoms with van der Waals surface area (Å²) in [6.45, 7) is 6.86. The van der Waals surface area contributed by atoms with Gasteiger partial charge in [0.05, 0.1) is 12.7 Å². The summed E-state index contributed by atoms with van der Waals surface area (Å²) >= 11 is 6.04. The van der Waals surface area contributed by atoms with Crippen LogP contribution in [0.5, 0.6) is 5.75 Å². The molecule has 0 saturated heterocycles. The van der Waals surface area contributed by atoms with Gasteiger partial charge in [-0.1, -0.05) is 43.6 Å². The van der Waals surface area contributed by atoms with E-state index in [2.05, 4.69) is 25.2 Å². The second-order valence-corrected chi connectivity index (χ2v) is 8.64. The van der Waals surface area contributed by atoms with Gasteiger partial charge in [0.2, 0.25) is 0 Å². The number of hydrogen-bond acceptors (Lipinski definition) is 5. The minimum atomic E-state index is -0.625. The lowest BCUT2D eigenvalue weighted by atomic mass is 9.69. The third-order valence-corrected chi connectivity index (χ3v) is 6.04. The Balaban J connectivity index is 0.00000341. The van der Waals surface area contributed by atoms with E-state index >= 15 is 0 Å². The zero-order chi connectivity index (χ0) is 21.7. The zero-order valence-electron chi connectivity index (χ0n) is 18.2. The molecule has 0 bridgehead atoms. The number of ether oxygens (including phenoxy) is 2. The number of rotatable bonds is 8. The van der Waals surface area contributed by atoms with Gasteiger partial charge in [0.15, 0.2) is 6.61 Å². The molecular weight excluding hydrogens is 437 g/mol. The van der Waals surface area contributed by atoms with Crippen molar-refractivity contribution in [2.45, 2.75) is 51.2 Å². The van der Waals surface area contributed by atoms with Crippen LogP contribution < -0.4 is 10.1 Å².